The van der Waals surface area contributed by atoms with E-state index in [0.717, 1.165) is 45.9 Å². The number of benzene rings is 1. The lowest BCUT2D eigenvalue weighted by molar-refractivity contribution is 0.700. The third kappa shape index (κ3) is 2.97. The number of halogens is 1. The number of H-pyrrole nitrogens is 1. The average molecular weight is 394 g/mol. The molecule has 27 heavy (non-hydrogen) atoms. The van der Waals surface area contributed by atoms with E-state index >= 15 is 0 Å². The monoisotopic (exact) mass is 393 g/mol. The number of thiophene rings is 1. The molecule has 1 aliphatic rings. The molecule has 3 heterocycles. The first-order chi connectivity index (χ1) is 13.2. The second-order valence-corrected chi connectivity index (χ2v) is 8.24. The van der Waals surface area contributed by atoms with E-state index in [4.69, 9.17) is 11.6 Å². The third-order valence-corrected chi connectivity index (χ3v) is 6.45. The summed E-state index contributed by atoms with van der Waals surface area (Å²) in [6, 6.07) is 9.85. The number of rotatable bonds is 2. The Bertz CT molecular complexity index is 1270. The van der Waals surface area contributed by atoms with Gasteiger partial charge in [-0.1, -0.05) is 23.7 Å². The summed E-state index contributed by atoms with van der Waals surface area (Å²) in [7, 11) is 0. The van der Waals surface area contributed by atoms with Crippen LogP contribution in [0.5, 0.6) is 0 Å². The maximum atomic E-state index is 12.7. The van der Waals surface area contributed by atoms with Crippen LogP contribution in [-0.4, -0.2) is 15.0 Å². The predicted molar refractivity (Wildman–Crippen MR) is 112 cm³/mol. The van der Waals surface area contributed by atoms with Crippen molar-refractivity contribution in [3.8, 4) is 0 Å². The average Bonchev–Trinajstić information content (AvgIpc) is 3.07. The molecule has 0 aliphatic heterocycles. The van der Waals surface area contributed by atoms with E-state index in [1.807, 2.05) is 36.4 Å². The van der Waals surface area contributed by atoms with E-state index in [-0.39, 0.29) is 5.56 Å². The number of aromatic nitrogens is 3. The fourth-order valence-electron chi connectivity index (χ4n) is 3.68. The highest BCUT2D eigenvalue weighted by atomic mass is 35.5. The van der Waals surface area contributed by atoms with Gasteiger partial charge in [0.1, 0.15) is 4.83 Å². The molecule has 0 saturated heterocycles. The van der Waals surface area contributed by atoms with Gasteiger partial charge in [-0.2, -0.15) is 0 Å². The molecule has 4 nitrogen and oxygen atoms in total. The van der Waals surface area contributed by atoms with Crippen LogP contribution in [0.2, 0.25) is 0 Å². The quantitative estimate of drug-likeness (QED) is 0.512. The molecular formula is C21H16ClN3OS. The van der Waals surface area contributed by atoms with Crippen LogP contribution in [0.4, 0.5) is 0 Å². The van der Waals surface area contributed by atoms with Crippen molar-refractivity contribution in [3.05, 3.63) is 68.7 Å². The molecule has 0 saturated carbocycles. The minimum absolute atomic E-state index is 0.0938. The molecule has 0 fully saturated rings. The van der Waals surface area contributed by atoms with Crippen LogP contribution in [0.1, 0.15) is 34.7 Å². The van der Waals surface area contributed by atoms with Crippen LogP contribution >= 0.6 is 22.9 Å². The fraction of sp³-hybridized carbons (Fsp3) is 0.190. The van der Waals surface area contributed by atoms with Crippen LogP contribution < -0.4 is 5.56 Å². The molecule has 1 aliphatic carbocycles. The fourth-order valence-corrected chi connectivity index (χ4v) is 5.15. The number of nitrogens with zero attached hydrogens (tertiary/aromatic N) is 2. The van der Waals surface area contributed by atoms with Gasteiger partial charge in [0, 0.05) is 16.5 Å². The van der Waals surface area contributed by atoms with E-state index in [1.165, 1.54) is 16.9 Å². The van der Waals surface area contributed by atoms with Gasteiger partial charge in [0.2, 0.25) is 0 Å². The molecule has 0 bridgehead atoms. The first kappa shape index (κ1) is 16.7. The smallest absolute Gasteiger partial charge is 0.260 e. The summed E-state index contributed by atoms with van der Waals surface area (Å²) in [5, 5.41) is 2.21. The molecule has 6 heteroatoms. The molecule has 0 atom stereocenters. The number of pyridine rings is 1. The van der Waals surface area contributed by atoms with Crippen LogP contribution in [0.15, 0.2) is 41.3 Å². The van der Waals surface area contributed by atoms with Crippen LogP contribution in [0, 0.1) is 0 Å². The van der Waals surface area contributed by atoms with Crippen molar-refractivity contribution >= 4 is 55.2 Å². The van der Waals surface area contributed by atoms with Gasteiger partial charge in [-0.3, -0.25) is 9.78 Å². The Kier molecular flexibility index (Phi) is 4.06. The van der Waals surface area contributed by atoms with Crippen molar-refractivity contribution in [2.75, 3.05) is 0 Å². The Morgan fingerprint density at radius 1 is 1.22 bits per heavy atom. The Morgan fingerprint density at radius 2 is 2.11 bits per heavy atom. The summed E-state index contributed by atoms with van der Waals surface area (Å²) in [5.74, 6) is 0.416. The molecule has 1 aromatic carbocycles. The zero-order chi connectivity index (χ0) is 18.4. The maximum Gasteiger partial charge on any atom is 0.260 e. The standard InChI is InChI=1S/C21H16ClN3OS/c22-15(11-12-7-8-16-13(10-12)4-3-9-23-16)19-24-20(26)18-14-5-1-2-6-17(14)27-21(18)25-19/h3-4,7-11H,1-2,5-6H2,(H,24,25,26)/b15-11+. The Labute approximate surface area is 164 Å². The molecule has 134 valence electrons. The summed E-state index contributed by atoms with van der Waals surface area (Å²) in [6.45, 7) is 0. The van der Waals surface area contributed by atoms with Crippen molar-refractivity contribution in [2.45, 2.75) is 25.7 Å². The number of aromatic amines is 1. The van der Waals surface area contributed by atoms with Crippen molar-refractivity contribution in [2.24, 2.45) is 0 Å². The van der Waals surface area contributed by atoms with Crippen molar-refractivity contribution in [1.82, 2.24) is 15.0 Å². The lowest BCUT2D eigenvalue weighted by Gasteiger charge is -2.09. The number of fused-ring (bicyclic) bond motifs is 4. The summed E-state index contributed by atoms with van der Waals surface area (Å²) in [6.07, 6.45) is 7.93. The van der Waals surface area contributed by atoms with Crippen LogP contribution in [0.3, 0.4) is 0 Å². The van der Waals surface area contributed by atoms with Crippen molar-refractivity contribution in [3.63, 3.8) is 0 Å². The largest absolute Gasteiger partial charge is 0.305 e. The SMILES string of the molecule is O=c1[nH]c(/C(Cl)=C\c2ccc3ncccc3c2)nc2sc3c(c12)CCCC3. The molecule has 1 N–H and O–H groups in total. The zero-order valence-corrected chi connectivity index (χ0v) is 16.0. The van der Waals surface area contributed by atoms with Gasteiger partial charge < -0.3 is 4.98 Å². The normalized spacial score (nSPS) is 14.6. The Hall–Kier alpha value is -2.50. The maximum absolute atomic E-state index is 12.7. The molecule has 0 amide bonds. The van der Waals surface area contributed by atoms with E-state index in [9.17, 15) is 4.79 Å². The van der Waals surface area contributed by atoms with Gasteiger partial charge in [0.05, 0.1) is 15.9 Å². The number of hydrogen-bond acceptors (Lipinski definition) is 4. The molecular weight excluding hydrogens is 378 g/mol. The van der Waals surface area contributed by atoms with Crippen LogP contribution in [-0.2, 0) is 12.8 Å². The van der Waals surface area contributed by atoms with Gasteiger partial charge in [-0.15, -0.1) is 11.3 Å². The highest BCUT2D eigenvalue weighted by Crippen LogP contribution is 2.34. The Balaban J connectivity index is 1.59. The van der Waals surface area contributed by atoms with Gasteiger partial charge in [-0.05, 0) is 61.1 Å². The van der Waals surface area contributed by atoms with Gasteiger partial charge in [0.25, 0.3) is 5.56 Å². The minimum Gasteiger partial charge on any atom is -0.305 e. The zero-order valence-electron chi connectivity index (χ0n) is 14.5. The predicted octanol–water partition coefficient (Wildman–Crippen LogP) is 5.15. The molecule has 5 rings (SSSR count). The Morgan fingerprint density at radius 3 is 3.04 bits per heavy atom. The number of nitrogens with one attached hydrogen (secondary N) is 1. The lowest BCUT2D eigenvalue weighted by Crippen LogP contribution is -2.12. The molecule has 0 unspecified atom stereocenters. The van der Waals surface area contributed by atoms with Gasteiger partial charge >= 0.3 is 0 Å². The molecule has 3 aromatic heterocycles. The first-order valence-corrected chi connectivity index (χ1v) is 10.2. The molecule has 0 spiro atoms. The first-order valence-electron chi connectivity index (χ1n) is 8.96. The van der Waals surface area contributed by atoms with E-state index in [1.54, 1.807) is 17.5 Å². The van der Waals surface area contributed by atoms with Crippen molar-refractivity contribution < 1.29 is 0 Å². The summed E-state index contributed by atoms with van der Waals surface area (Å²) in [4.78, 5) is 26.6. The molecule has 0 radical (unpaired) electrons. The summed E-state index contributed by atoms with van der Waals surface area (Å²) < 4.78 is 0. The van der Waals surface area contributed by atoms with Crippen LogP contribution in [0.25, 0.3) is 32.2 Å². The van der Waals surface area contributed by atoms with Crippen molar-refractivity contribution in [1.29, 1.82) is 0 Å². The number of aryl methyl sites for hydroxylation is 2. The second-order valence-electron chi connectivity index (χ2n) is 6.75. The topological polar surface area (TPSA) is 58.6 Å². The van der Waals surface area contributed by atoms with E-state index < -0.39 is 0 Å². The second kappa shape index (κ2) is 6.59. The minimum atomic E-state index is -0.0938. The third-order valence-electron chi connectivity index (χ3n) is 4.97. The highest BCUT2D eigenvalue weighted by Gasteiger charge is 2.20. The lowest BCUT2D eigenvalue weighted by atomic mass is 9.97. The van der Waals surface area contributed by atoms with Gasteiger partial charge in [0.15, 0.2) is 5.82 Å². The number of hydrogen-bond donors (Lipinski definition) is 1. The molecule has 4 aromatic rings. The van der Waals surface area contributed by atoms with Gasteiger partial charge in [-0.25, -0.2) is 4.98 Å². The summed E-state index contributed by atoms with van der Waals surface area (Å²) >= 11 is 8.14. The summed E-state index contributed by atoms with van der Waals surface area (Å²) in [5.41, 5.74) is 2.96. The van der Waals surface area contributed by atoms with E-state index in [0.29, 0.717) is 10.9 Å². The van der Waals surface area contributed by atoms with E-state index in [2.05, 4.69) is 15.0 Å². The highest BCUT2D eigenvalue weighted by molar-refractivity contribution is 7.18.